The van der Waals surface area contributed by atoms with Crippen LogP contribution in [0.15, 0.2) is 18.2 Å². The van der Waals surface area contributed by atoms with Gasteiger partial charge in [0.25, 0.3) is 5.69 Å². The second kappa shape index (κ2) is 5.25. The molecule has 0 spiro atoms. The van der Waals surface area contributed by atoms with Gasteiger partial charge < -0.3 is 15.3 Å². The first-order valence-corrected chi connectivity index (χ1v) is 4.67. The third kappa shape index (κ3) is 2.90. The Morgan fingerprint density at radius 1 is 1.47 bits per heavy atom. The zero-order valence-corrected chi connectivity index (χ0v) is 8.65. The molecule has 0 saturated carbocycles. The zero-order chi connectivity index (χ0) is 13.0. The van der Waals surface area contributed by atoms with Crippen molar-refractivity contribution in [3.63, 3.8) is 0 Å². The van der Waals surface area contributed by atoms with Gasteiger partial charge in [0.2, 0.25) is 0 Å². The van der Waals surface area contributed by atoms with Crippen molar-refractivity contribution in [3.05, 3.63) is 33.9 Å². The maximum Gasteiger partial charge on any atom is 0.278 e. The van der Waals surface area contributed by atoms with Crippen LogP contribution in [0, 0.1) is 21.4 Å². The Balaban J connectivity index is 3.13. The number of phenolic OH excluding ortho intramolecular Hbond substituents is 1. The van der Waals surface area contributed by atoms with E-state index in [4.69, 9.17) is 10.4 Å². The molecule has 2 unspecified atom stereocenters. The number of nitro benzene ring substituents is 1. The lowest BCUT2D eigenvalue weighted by atomic mass is 10.0. The van der Waals surface area contributed by atoms with Gasteiger partial charge in [-0.1, -0.05) is 0 Å². The molecule has 17 heavy (non-hydrogen) atoms. The second-order valence-electron chi connectivity index (χ2n) is 3.37. The van der Waals surface area contributed by atoms with Crippen LogP contribution in [-0.2, 0) is 0 Å². The fourth-order valence-corrected chi connectivity index (χ4v) is 1.35. The molecule has 0 fully saturated rings. The third-order valence-corrected chi connectivity index (χ3v) is 2.19. The number of aliphatic hydroxyl groups excluding tert-OH is 2. The highest BCUT2D eigenvalue weighted by atomic mass is 16.6. The molecule has 0 radical (unpaired) electrons. The monoisotopic (exact) mass is 238 g/mol. The van der Waals surface area contributed by atoms with E-state index in [2.05, 4.69) is 0 Å². The number of aromatic hydroxyl groups is 1. The molecule has 1 aromatic carbocycles. The molecular formula is C10H10N2O5. The standard InChI is InChI=1S/C10H10N2O5/c11-4-3-9(14)10(15)7-2-1-6(13)5-8(7)12(16)17/h1-2,5,9-10,13-15H,3H2. The van der Waals surface area contributed by atoms with E-state index >= 15 is 0 Å². The normalized spacial score (nSPS) is 13.7. The highest BCUT2D eigenvalue weighted by molar-refractivity contribution is 5.47. The van der Waals surface area contributed by atoms with Gasteiger partial charge in [0, 0.05) is 0 Å². The van der Waals surface area contributed by atoms with Crippen LogP contribution in [0.2, 0.25) is 0 Å². The number of phenols is 1. The third-order valence-electron chi connectivity index (χ3n) is 2.19. The van der Waals surface area contributed by atoms with Crippen LogP contribution >= 0.6 is 0 Å². The average molecular weight is 238 g/mol. The summed E-state index contributed by atoms with van der Waals surface area (Å²) in [6.45, 7) is 0. The number of nitrogens with zero attached hydrogens (tertiary/aromatic N) is 2. The maximum atomic E-state index is 10.7. The first kappa shape index (κ1) is 12.9. The minimum atomic E-state index is -1.55. The Labute approximate surface area is 96.3 Å². The van der Waals surface area contributed by atoms with Gasteiger partial charge in [-0.3, -0.25) is 10.1 Å². The molecule has 0 aliphatic heterocycles. The maximum absolute atomic E-state index is 10.7. The molecule has 0 aliphatic rings. The molecule has 0 heterocycles. The van der Waals surface area contributed by atoms with E-state index in [0.29, 0.717) is 0 Å². The van der Waals surface area contributed by atoms with Crippen molar-refractivity contribution in [3.8, 4) is 11.8 Å². The summed E-state index contributed by atoms with van der Waals surface area (Å²) in [5.41, 5.74) is -0.648. The van der Waals surface area contributed by atoms with Crippen LogP contribution in [-0.4, -0.2) is 26.3 Å². The Kier molecular flexibility index (Phi) is 3.98. The largest absolute Gasteiger partial charge is 0.508 e. The summed E-state index contributed by atoms with van der Waals surface area (Å²) < 4.78 is 0. The number of nitro groups is 1. The summed E-state index contributed by atoms with van der Waals surface area (Å²) in [7, 11) is 0. The number of nitriles is 1. The Morgan fingerprint density at radius 2 is 2.12 bits per heavy atom. The number of aliphatic hydroxyl groups is 2. The summed E-state index contributed by atoms with van der Waals surface area (Å²) in [6.07, 6.45) is -3.31. The van der Waals surface area contributed by atoms with Crippen molar-refractivity contribution in [2.24, 2.45) is 0 Å². The van der Waals surface area contributed by atoms with Crippen LogP contribution < -0.4 is 0 Å². The first-order valence-electron chi connectivity index (χ1n) is 4.67. The number of hydrogen-bond donors (Lipinski definition) is 3. The quantitative estimate of drug-likeness (QED) is 0.520. The Hall–Kier alpha value is -2.17. The van der Waals surface area contributed by atoms with Crippen LogP contribution in [0.4, 0.5) is 5.69 Å². The molecule has 0 aromatic heterocycles. The van der Waals surface area contributed by atoms with Gasteiger partial charge in [-0.05, 0) is 12.1 Å². The van der Waals surface area contributed by atoms with Crippen molar-refractivity contribution in [1.82, 2.24) is 0 Å². The minimum Gasteiger partial charge on any atom is -0.508 e. The van der Waals surface area contributed by atoms with Gasteiger partial charge in [0.05, 0.1) is 35.1 Å². The molecule has 2 atom stereocenters. The molecule has 7 heteroatoms. The first-order chi connectivity index (χ1) is 7.97. The van der Waals surface area contributed by atoms with E-state index in [0.717, 1.165) is 18.2 Å². The molecule has 7 nitrogen and oxygen atoms in total. The fourth-order valence-electron chi connectivity index (χ4n) is 1.35. The van der Waals surface area contributed by atoms with Crippen LogP contribution in [0.3, 0.4) is 0 Å². The second-order valence-corrected chi connectivity index (χ2v) is 3.37. The van der Waals surface area contributed by atoms with E-state index in [9.17, 15) is 20.3 Å². The van der Waals surface area contributed by atoms with Crippen molar-refractivity contribution >= 4 is 5.69 Å². The molecule has 1 aromatic rings. The van der Waals surface area contributed by atoms with Gasteiger partial charge in [-0.25, -0.2) is 0 Å². The predicted octanol–water partition coefficient (Wildman–Crippen LogP) is 0.608. The van der Waals surface area contributed by atoms with E-state index in [1.165, 1.54) is 0 Å². The highest BCUT2D eigenvalue weighted by Gasteiger charge is 2.26. The lowest BCUT2D eigenvalue weighted by Gasteiger charge is -2.15. The Bertz CT molecular complexity index is 468. The molecule has 0 aliphatic carbocycles. The summed E-state index contributed by atoms with van der Waals surface area (Å²) >= 11 is 0. The number of hydrogen-bond acceptors (Lipinski definition) is 6. The van der Waals surface area contributed by atoms with Gasteiger partial charge >= 0.3 is 0 Å². The zero-order valence-electron chi connectivity index (χ0n) is 8.65. The van der Waals surface area contributed by atoms with Crippen LogP contribution in [0.5, 0.6) is 5.75 Å². The van der Waals surface area contributed by atoms with Gasteiger partial charge in [0.1, 0.15) is 11.9 Å². The molecule has 0 saturated heterocycles. The topological polar surface area (TPSA) is 128 Å². The van der Waals surface area contributed by atoms with Crippen LogP contribution in [0.1, 0.15) is 18.1 Å². The van der Waals surface area contributed by atoms with E-state index in [1.54, 1.807) is 6.07 Å². The van der Waals surface area contributed by atoms with Crippen molar-refractivity contribution in [2.75, 3.05) is 0 Å². The van der Waals surface area contributed by atoms with Crippen LogP contribution in [0.25, 0.3) is 0 Å². The number of benzene rings is 1. The van der Waals surface area contributed by atoms with E-state index in [-0.39, 0.29) is 17.7 Å². The summed E-state index contributed by atoms with van der Waals surface area (Å²) in [5, 5.41) is 47.2. The summed E-state index contributed by atoms with van der Waals surface area (Å²) in [6, 6.07) is 4.82. The van der Waals surface area contributed by atoms with Gasteiger partial charge in [-0.2, -0.15) is 5.26 Å². The van der Waals surface area contributed by atoms with Gasteiger partial charge in [0.15, 0.2) is 0 Å². The molecule has 90 valence electrons. The summed E-state index contributed by atoms with van der Waals surface area (Å²) in [4.78, 5) is 9.92. The minimum absolute atomic E-state index is 0.143. The highest BCUT2D eigenvalue weighted by Crippen LogP contribution is 2.31. The van der Waals surface area contributed by atoms with Crippen molar-refractivity contribution in [1.29, 1.82) is 5.26 Å². The fraction of sp³-hybridized carbons (Fsp3) is 0.300. The molecular weight excluding hydrogens is 228 g/mol. The predicted molar refractivity (Wildman–Crippen MR) is 56.0 cm³/mol. The molecule has 1 rings (SSSR count). The molecule has 3 N–H and O–H groups in total. The molecule has 0 bridgehead atoms. The number of rotatable bonds is 4. The SMILES string of the molecule is N#CCC(O)C(O)c1ccc(O)cc1[N+](=O)[O-]. The molecule has 0 amide bonds. The smallest absolute Gasteiger partial charge is 0.278 e. The summed E-state index contributed by atoms with van der Waals surface area (Å²) in [5.74, 6) is -0.317. The van der Waals surface area contributed by atoms with Gasteiger partial charge in [-0.15, -0.1) is 0 Å². The Morgan fingerprint density at radius 3 is 2.65 bits per heavy atom. The van der Waals surface area contributed by atoms with Crippen molar-refractivity contribution in [2.45, 2.75) is 18.6 Å². The van der Waals surface area contributed by atoms with E-state index in [1.807, 2.05) is 0 Å². The lowest BCUT2D eigenvalue weighted by Crippen LogP contribution is -2.18. The lowest BCUT2D eigenvalue weighted by molar-refractivity contribution is -0.386. The average Bonchev–Trinajstić information content (AvgIpc) is 2.28. The van der Waals surface area contributed by atoms with E-state index < -0.39 is 22.8 Å². The van der Waals surface area contributed by atoms with Crippen molar-refractivity contribution < 1.29 is 20.2 Å².